The summed E-state index contributed by atoms with van der Waals surface area (Å²) >= 11 is 10.3. The maximum absolute atomic E-state index is 12.8. The highest BCUT2D eigenvalue weighted by Gasteiger charge is 2.37. The lowest BCUT2D eigenvalue weighted by molar-refractivity contribution is -0.126. The third kappa shape index (κ3) is 3.79. The predicted molar refractivity (Wildman–Crippen MR) is 103 cm³/mol. The van der Waals surface area contributed by atoms with E-state index in [4.69, 9.17) is 17.0 Å². The van der Waals surface area contributed by atoms with Gasteiger partial charge in [-0.05, 0) is 41.8 Å². The van der Waals surface area contributed by atoms with Gasteiger partial charge in [0.2, 0.25) is 5.91 Å². The van der Waals surface area contributed by atoms with Crippen LogP contribution in [0.3, 0.4) is 0 Å². The second kappa shape index (κ2) is 7.63. The molecular formula is C17H15BrN2O2S2. The first-order chi connectivity index (χ1) is 11.6. The molecule has 1 atom stereocenters. The minimum absolute atomic E-state index is 0.0379. The van der Waals surface area contributed by atoms with Crippen molar-refractivity contribution in [3.63, 3.8) is 0 Å². The fraction of sp³-hybridized carbons (Fsp3) is 0.235. The van der Waals surface area contributed by atoms with Crippen molar-refractivity contribution in [3.05, 3.63) is 58.3 Å². The lowest BCUT2D eigenvalue weighted by atomic mass is 10.1. The number of benzene rings is 1. The van der Waals surface area contributed by atoms with Crippen LogP contribution in [0, 0.1) is 0 Å². The Morgan fingerprint density at radius 2 is 2.25 bits per heavy atom. The van der Waals surface area contributed by atoms with Gasteiger partial charge in [0, 0.05) is 16.9 Å². The lowest BCUT2D eigenvalue weighted by Gasteiger charge is -2.16. The smallest absolute Gasteiger partial charge is 0.242 e. The molecule has 1 amide bonds. The number of pyridine rings is 1. The Hall–Kier alpha value is -1.44. The summed E-state index contributed by atoms with van der Waals surface area (Å²) in [5, 5.41) is -0.225. The van der Waals surface area contributed by atoms with E-state index in [-0.39, 0.29) is 11.2 Å². The summed E-state index contributed by atoms with van der Waals surface area (Å²) in [6, 6.07) is 9.61. The largest absolute Gasteiger partial charge is 0.496 e. The van der Waals surface area contributed by atoms with E-state index in [9.17, 15) is 4.79 Å². The van der Waals surface area contributed by atoms with E-state index in [0.717, 1.165) is 21.3 Å². The number of aromatic nitrogens is 1. The molecule has 0 saturated carbocycles. The first-order valence-electron chi connectivity index (χ1n) is 7.32. The number of thioether (sulfide) groups is 1. The van der Waals surface area contributed by atoms with E-state index in [1.807, 2.05) is 30.3 Å². The molecule has 0 radical (unpaired) electrons. The topological polar surface area (TPSA) is 42.4 Å². The highest BCUT2D eigenvalue weighted by molar-refractivity contribution is 9.10. The van der Waals surface area contributed by atoms with Crippen molar-refractivity contribution >= 4 is 50.1 Å². The number of halogens is 1. The molecular weight excluding hydrogens is 408 g/mol. The number of nitrogens with zero attached hydrogens (tertiary/aromatic N) is 2. The van der Waals surface area contributed by atoms with Crippen LogP contribution in [0.4, 0.5) is 0 Å². The lowest BCUT2D eigenvalue weighted by Crippen LogP contribution is -2.31. The zero-order valence-corrected chi connectivity index (χ0v) is 16.2. The highest BCUT2D eigenvalue weighted by Crippen LogP contribution is 2.34. The van der Waals surface area contributed by atoms with Crippen molar-refractivity contribution in [2.45, 2.75) is 18.2 Å². The van der Waals surface area contributed by atoms with Crippen LogP contribution in [0.5, 0.6) is 5.75 Å². The Morgan fingerprint density at radius 3 is 2.96 bits per heavy atom. The molecule has 2 heterocycles. The molecule has 0 unspecified atom stereocenters. The maximum atomic E-state index is 12.8. The standard InChI is InChI=1S/C17H15BrN2O2S2/c1-22-14-5-4-13(18)7-12(14)8-15-16(21)20(17(23)24-15)10-11-3-2-6-19-9-11/h2-7,9,15H,8,10H2,1H3/t15-/m0/s1. The Kier molecular flexibility index (Phi) is 5.53. The summed E-state index contributed by atoms with van der Waals surface area (Å²) in [6.45, 7) is 0.463. The van der Waals surface area contributed by atoms with Gasteiger partial charge in [-0.3, -0.25) is 14.7 Å². The summed E-state index contributed by atoms with van der Waals surface area (Å²) in [6.07, 6.45) is 4.05. The van der Waals surface area contributed by atoms with Crippen molar-refractivity contribution in [1.82, 2.24) is 9.88 Å². The average molecular weight is 423 g/mol. The number of carbonyl (C=O) groups is 1. The van der Waals surface area contributed by atoms with Crippen LogP contribution in [-0.2, 0) is 17.8 Å². The van der Waals surface area contributed by atoms with Gasteiger partial charge in [-0.15, -0.1) is 0 Å². The first-order valence-corrected chi connectivity index (χ1v) is 9.40. The summed E-state index contributed by atoms with van der Waals surface area (Å²) in [5.41, 5.74) is 1.96. The molecule has 3 rings (SSSR count). The van der Waals surface area contributed by atoms with Crippen LogP contribution >= 0.6 is 39.9 Å². The molecule has 2 aromatic rings. The Labute approximate surface area is 158 Å². The zero-order valence-electron chi connectivity index (χ0n) is 12.9. The van der Waals surface area contributed by atoms with Gasteiger partial charge in [-0.2, -0.15) is 0 Å². The number of amides is 1. The Balaban J connectivity index is 1.76. The fourth-order valence-corrected chi connectivity index (χ4v) is 4.48. The monoisotopic (exact) mass is 422 g/mol. The number of carbonyl (C=O) groups excluding carboxylic acids is 1. The normalized spacial score (nSPS) is 17.4. The van der Waals surface area contributed by atoms with Crippen LogP contribution in [0.2, 0.25) is 0 Å². The van der Waals surface area contributed by atoms with Gasteiger partial charge < -0.3 is 4.74 Å². The molecule has 1 aromatic heterocycles. The number of hydrogen-bond acceptors (Lipinski definition) is 5. The first kappa shape index (κ1) is 17.4. The number of hydrogen-bond donors (Lipinski definition) is 0. The van der Waals surface area contributed by atoms with Crippen molar-refractivity contribution in [1.29, 1.82) is 0 Å². The minimum Gasteiger partial charge on any atom is -0.496 e. The van der Waals surface area contributed by atoms with Crippen molar-refractivity contribution in [2.24, 2.45) is 0 Å². The van der Waals surface area contributed by atoms with Crippen LogP contribution in [0.25, 0.3) is 0 Å². The molecule has 24 heavy (non-hydrogen) atoms. The second-order valence-corrected chi connectivity index (χ2v) is 8.07. The summed E-state index contributed by atoms with van der Waals surface area (Å²) in [7, 11) is 1.63. The second-order valence-electron chi connectivity index (χ2n) is 5.32. The molecule has 0 spiro atoms. The molecule has 0 N–H and O–H groups in total. The van der Waals surface area contributed by atoms with E-state index in [1.165, 1.54) is 11.8 Å². The highest BCUT2D eigenvalue weighted by atomic mass is 79.9. The van der Waals surface area contributed by atoms with Crippen LogP contribution in [-0.4, -0.2) is 32.5 Å². The SMILES string of the molecule is COc1ccc(Br)cc1C[C@@H]1SC(=S)N(Cc2cccnc2)C1=O. The fourth-order valence-electron chi connectivity index (χ4n) is 2.55. The quantitative estimate of drug-likeness (QED) is 0.684. The van der Waals surface area contributed by atoms with Crippen molar-refractivity contribution < 1.29 is 9.53 Å². The molecule has 4 nitrogen and oxygen atoms in total. The van der Waals surface area contributed by atoms with E-state index < -0.39 is 0 Å². The number of ether oxygens (including phenoxy) is 1. The van der Waals surface area contributed by atoms with Crippen LogP contribution in [0.15, 0.2) is 47.2 Å². The summed E-state index contributed by atoms with van der Waals surface area (Å²) in [4.78, 5) is 18.5. The van der Waals surface area contributed by atoms with Gasteiger partial charge in [0.15, 0.2) is 0 Å². The van der Waals surface area contributed by atoms with Crippen molar-refractivity contribution in [3.8, 4) is 5.75 Å². The van der Waals surface area contributed by atoms with Gasteiger partial charge in [0.25, 0.3) is 0 Å². The summed E-state index contributed by atoms with van der Waals surface area (Å²) in [5.74, 6) is 0.819. The van der Waals surface area contributed by atoms with E-state index in [1.54, 1.807) is 24.4 Å². The van der Waals surface area contributed by atoms with Gasteiger partial charge in [0.1, 0.15) is 10.1 Å². The average Bonchev–Trinajstić information content (AvgIpc) is 2.84. The predicted octanol–water partition coefficient (Wildman–Crippen LogP) is 3.82. The maximum Gasteiger partial charge on any atom is 0.242 e. The minimum atomic E-state index is -0.225. The Morgan fingerprint density at radius 1 is 1.42 bits per heavy atom. The number of thiocarbonyl (C=S) groups is 1. The van der Waals surface area contributed by atoms with E-state index in [0.29, 0.717) is 17.3 Å². The number of methoxy groups -OCH3 is 1. The van der Waals surface area contributed by atoms with E-state index >= 15 is 0 Å². The molecule has 0 bridgehead atoms. The van der Waals surface area contributed by atoms with Gasteiger partial charge in [-0.25, -0.2) is 0 Å². The third-order valence-corrected chi connectivity index (χ3v) is 5.79. The van der Waals surface area contributed by atoms with E-state index in [2.05, 4.69) is 20.9 Å². The number of rotatable bonds is 5. The third-order valence-electron chi connectivity index (χ3n) is 3.72. The van der Waals surface area contributed by atoms with Crippen LogP contribution < -0.4 is 4.74 Å². The molecule has 1 aliphatic heterocycles. The molecule has 1 fully saturated rings. The van der Waals surface area contributed by atoms with Gasteiger partial charge >= 0.3 is 0 Å². The van der Waals surface area contributed by atoms with Gasteiger partial charge in [-0.1, -0.05) is 46.0 Å². The van der Waals surface area contributed by atoms with Crippen molar-refractivity contribution in [2.75, 3.05) is 7.11 Å². The zero-order chi connectivity index (χ0) is 17.1. The summed E-state index contributed by atoms with van der Waals surface area (Å²) < 4.78 is 6.97. The Bertz CT molecular complexity index is 770. The molecule has 1 saturated heterocycles. The molecule has 0 aliphatic carbocycles. The molecule has 1 aromatic carbocycles. The van der Waals surface area contributed by atoms with Gasteiger partial charge in [0.05, 0.1) is 18.9 Å². The molecule has 1 aliphatic rings. The molecule has 124 valence electrons. The molecule has 7 heteroatoms. The van der Waals surface area contributed by atoms with Crippen LogP contribution in [0.1, 0.15) is 11.1 Å².